The number of rotatable bonds is 7. The molecule has 3 aromatic rings. The van der Waals surface area contributed by atoms with Crippen molar-refractivity contribution in [1.29, 1.82) is 0 Å². The van der Waals surface area contributed by atoms with Crippen molar-refractivity contribution in [3.63, 3.8) is 0 Å². The van der Waals surface area contributed by atoms with Gasteiger partial charge in [-0.05, 0) is 40.5 Å². The molecule has 0 spiro atoms. The number of nitro groups is 1. The van der Waals surface area contributed by atoms with Gasteiger partial charge in [0.15, 0.2) is 0 Å². The largest absolute Gasteiger partial charge is 0.505 e. The fourth-order valence-electron chi connectivity index (χ4n) is 4.80. The molecule has 3 aromatic carbocycles. The SMILES string of the molecule is CC(C)(C)CC(C)(C)c1cc(/N=N/c2cc([N+](=O)[O-])ccc2Cl)c(O)c(C(C)(C)c2ccccc2)c1. The normalized spacial score (nSPS) is 12.8. The Morgan fingerprint density at radius 3 is 2.06 bits per heavy atom. The van der Waals surface area contributed by atoms with Crippen molar-refractivity contribution < 1.29 is 10.0 Å². The molecule has 36 heavy (non-hydrogen) atoms. The zero-order chi connectivity index (χ0) is 26.9. The first-order chi connectivity index (χ1) is 16.6. The predicted molar refractivity (Wildman–Crippen MR) is 146 cm³/mol. The summed E-state index contributed by atoms with van der Waals surface area (Å²) in [6, 6.07) is 17.9. The molecule has 0 saturated carbocycles. The smallest absolute Gasteiger partial charge is 0.271 e. The van der Waals surface area contributed by atoms with Gasteiger partial charge >= 0.3 is 0 Å². The summed E-state index contributed by atoms with van der Waals surface area (Å²) >= 11 is 6.23. The van der Waals surface area contributed by atoms with Crippen LogP contribution < -0.4 is 0 Å². The second kappa shape index (κ2) is 10.0. The van der Waals surface area contributed by atoms with Crippen molar-refractivity contribution in [2.45, 2.75) is 65.7 Å². The number of non-ortho nitro benzene ring substituents is 1. The van der Waals surface area contributed by atoms with E-state index in [0.717, 1.165) is 23.1 Å². The lowest BCUT2D eigenvalue weighted by Gasteiger charge is -2.35. The Morgan fingerprint density at radius 1 is 0.861 bits per heavy atom. The van der Waals surface area contributed by atoms with Crippen LogP contribution in [0.3, 0.4) is 0 Å². The Bertz CT molecular complexity index is 1290. The highest BCUT2D eigenvalue weighted by molar-refractivity contribution is 6.33. The molecule has 1 N–H and O–H groups in total. The van der Waals surface area contributed by atoms with E-state index in [1.165, 1.54) is 18.2 Å². The molecule has 0 saturated heterocycles. The van der Waals surface area contributed by atoms with Crippen molar-refractivity contribution >= 4 is 28.7 Å². The molecule has 0 fully saturated rings. The minimum Gasteiger partial charge on any atom is -0.505 e. The Hall–Kier alpha value is -3.25. The molecular formula is C29H34ClN3O3. The number of hydrogen-bond acceptors (Lipinski definition) is 5. The molecule has 0 heterocycles. The predicted octanol–water partition coefficient (Wildman–Crippen LogP) is 9.41. The first-order valence-electron chi connectivity index (χ1n) is 11.9. The third kappa shape index (κ3) is 6.11. The summed E-state index contributed by atoms with van der Waals surface area (Å²) in [5.41, 5.74) is 2.45. The molecule has 0 atom stereocenters. The van der Waals surface area contributed by atoms with E-state index in [-0.39, 0.29) is 38.7 Å². The lowest BCUT2D eigenvalue weighted by molar-refractivity contribution is -0.384. The molecule has 0 radical (unpaired) electrons. The van der Waals surface area contributed by atoms with Crippen LogP contribution in [0.25, 0.3) is 0 Å². The Kier molecular flexibility index (Phi) is 7.61. The highest BCUT2D eigenvalue weighted by Crippen LogP contribution is 2.47. The molecule has 3 rings (SSSR count). The number of phenols is 1. The van der Waals surface area contributed by atoms with Gasteiger partial charge in [-0.1, -0.05) is 96.5 Å². The van der Waals surface area contributed by atoms with Crippen molar-refractivity contribution in [2.75, 3.05) is 0 Å². The molecule has 0 unspecified atom stereocenters. The summed E-state index contributed by atoms with van der Waals surface area (Å²) < 4.78 is 0. The zero-order valence-corrected chi connectivity index (χ0v) is 22.7. The second-order valence-corrected chi connectivity index (χ2v) is 12.0. The first kappa shape index (κ1) is 27.3. The quantitative estimate of drug-likeness (QED) is 0.196. The van der Waals surface area contributed by atoms with Crippen LogP contribution in [0.5, 0.6) is 5.75 Å². The van der Waals surface area contributed by atoms with Crippen LogP contribution in [0.15, 0.2) is 70.9 Å². The van der Waals surface area contributed by atoms with Crippen molar-refractivity contribution in [3.8, 4) is 5.75 Å². The van der Waals surface area contributed by atoms with Crippen LogP contribution in [-0.2, 0) is 10.8 Å². The topological polar surface area (TPSA) is 88.1 Å². The van der Waals surface area contributed by atoms with Crippen LogP contribution in [0.1, 0.15) is 71.6 Å². The number of aromatic hydroxyl groups is 1. The Labute approximate surface area is 218 Å². The zero-order valence-electron chi connectivity index (χ0n) is 22.0. The van der Waals surface area contributed by atoms with E-state index in [1.54, 1.807) is 0 Å². The summed E-state index contributed by atoms with van der Waals surface area (Å²) in [4.78, 5) is 10.7. The van der Waals surface area contributed by atoms with Gasteiger partial charge in [0.25, 0.3) is 5.69 Å². The fraction of sp³-hybridized carbons (Fsp3) is 0.379. The van der Waals surface area contributed by atoms with Crippen LogP contribution >= 0.6 is 11.6 Å². The van der Waals surface area contributed by atoms with Crippen LogP contribution in [0, 0.1) is 15.5 Å². The number of benzene rings is 3. The maximum absolute atomic E-state index is 11.4. The summed E-state index contributed by atoms with van der Waals surface area (Å²) in [5.74, 6) is 0.0180. The van der Waals surface area contributed by atoms with Gasteiger partial charge in [-0.25, -0.2) is 0 Å². The summed E-state index contributed by atoms with van der Waals surface area (Å²) in [6.07, 6.45) is 0.906. The lowest BCUT2D eigenvalue weighted by atomic mass is 9.70. The minimum atomic E-state index is -0.521. The minimum absolute atomic E-state index is 0.0180. The standard InChI is InChI=1S/C29H34ClN3O3/c1-27(2,3)18-28(4,5)20-15-22(29(6,7)19-11-9-8-10-12-19)26(34)25(16-20)32-31-24-17-21(33(35)36)13-14-23(24)30/h8-17,34H,18H2,1-7H3/b32-31+. The van der Waals surface area contributed by atoms with E-state index in [0.29, 0.717) is 0 Å². The third-order valence-corrected chi connectivity index (χ3v) is 6.74. The van der Waals surface area contributed by atoms with Gasteiger partial charge in [-0.2, -0.15) is 0 Å². The van der Waals surface area contributed by atoms with Gasteiger partial charge in [0.1, 0.15) is 17.1 Å². The molecule has 7 heteroatoms. The van der Waals surface area contributed by atoms with Crippen LogP contribution in [-0.4, -0.2) is 10.0 Å². The Morgan fingerprint density at radius 2 is 1.47 bits per heavy atom. The monoisotopic (exact) mass is 507 g/mol. The van der Waals surface area contributed by atoms with E-state index in [9.17, 15) is 15.2 Å². The van der Waals surface area contributed by atoms with E-state index in [4.69, 9.17) is 11.6 Å². The molecule has 0 aliphatic rings. The van der Waals surface area contributed by atoms with Crippen molar-refractivity contribution in [1.82, 2.24) is 0 Å². The first-order valence-corrected chi connectivity index (χ1v) is 12.3. The number of halogens is 1. The Balaban J connectivity index is 2.22. The fourth-order valence-corrected chi connectivity index (χ4v) is 4.96. The van der Waals surface area contributed by atoms with Gasteiger partial charge in [-0.15, -0.1) is 10.2 Å². The van der Waals surface area contributed by atoms with Crippen LogP contribution in [0.2, 0.25) is 5.02 Å². The number of nitrogens with zero attached hydrogens (tertiary/aromatic N) is 3. The number of hydrogen-bond donors (Lipinski definition) is 1. The number of azo groups is 1. The maximum atomic E-state index is 11.4. The van der Waals surface area contributed by atoms with Gasteiger partial charge in [-0.3, -0.25) is 10.1 Å². The van der Waals surface area contributed by atoms with Gasteiger partial charge in [0, 0.05) is 23.1 Å². The average molecular weight is 508 g/mol. The molecule has 0 bridgehead atoms. The van der Waals surface area contributed by atoms with Crippen molar-refractivity contribution in [3.05, 3.63) is 92.5 Å². The molecule has 6 nitrogen and oxygen atoms in total. The molecular weight excluding hydrogens is 474 g/mol. The molecule has 190 valence electrons. The third-order valence-electron chi connectivity index (χ3n) is 6.42. The summed E-state index contributed by atoms with van der Waals surface area (Å²) in [7, 11) is 0. The van der Waals surface area contributed by atoms with Crippen LogP contribution in [0.4, 0.5) is 17.1 Å². The molecule has 0 aromatic heterocycles. The number of nitro benzene ring substituents is 1. The second-order valence-electron chi connectivity index (χ2n) is 11.6. The van der Waals surface area contributed by atoms with E-state index in [1.807, 2.05) is 36.4 Å². The molecule has 0 aliphatic carbocycles. The average Bonchev–Trinajstić information content (AvgIpc) is 2.77. The molecule has 0 aliphatic heterocycles. The number of phenolic OH excluding ortho intramolecular Hbond substituents is 1. The van der Waals surface area contributed by atoms with Gasteiger partial charge in [0.2, 0.25) is 0 Å². The van der Waals surface area contributed by atoms with E-state index < -0.39 is 10.3 Å². The van der Waals surface area contributed by atoms with E-state index in [2.05, 4.69) is 64.8 Å². The highest BCUT2D eigenvalue weighted by atomic mass is 35.5. The van der Waals surface area contributed by atoms with Gasteiger partial charge < -0.3 is 5.11 Å². The highest BCUT2D eigenvalue weighted by Gasteiger charge is 2.33. The maximum Gasteiger partial charge on any atom is 0.271 e. The van der Waals surface area contributed by atoms with Crippen molar-refractivity contribution in [2.24, 2.45) is 15.6 Å². The summed E-state index contributed by atoms with van der Waals surface area (Å²) in [5, 5.41) is 31.4. The van der Waals surface area contributed by atoms with Gasteiger partial charge in [0.05, 0.1) is 9.95 Å². The van der Waals surface area contributed by atoms with E-state index >= 15 is 0 Å². The lowest BCUT2D eigenvalue weighted by Crippen LogP contribution is -2.26. The molecule has 0 amide bonds. The summed E-state index contributed by atoms with van der Waals surface area (Å²) in [6.45, 7) is 15.1.